The van der Waals surface area contributed by atoms with Crippen LogP contribution in [0.1, 0.15) is 104 Å². The second-order valence-corrected chi connectivity index (χ2v) is 9.58. The Balaban J connectivity index is -0.000000471. The van der Waals surface area contributed by atoms with Gasteiger partial charge >= 0.3 is 0 Å². The summed E-state index contributed by atoms with van der Waals surface area (Å²) in [4.78, 5) is 11.4. The van der Waals surface area contributed by atoms with Gasteiger partial charge in [-0.25, -0.2) is 18.7 Å². The standard InChI is InChI=1S/C14H19N3.C6H14.C5H11N.C4H10.CH3F2P/c1-6-9-12(7-2)13-10(4)17-14(15-8-3)11(5)16-13;1-3-5-6-4-2;1-5-3-6(2)4-5;1-3-4-2;2-1(3)4/h7-9H,2-3,6H2,1,4-5H3,(H,15,17);3-6H2,1-2H3;5H,3-4H2,1-2H3;3-4H2,1-2H3;1H,4H2/b12-9+;;;;. The van der Waals surface area contributed by atoms with E-state index in [1.807, 2.05) is 19.9 Å². The van der Waals surface area contributed by atoms with Gasteiger partial charge in [0.2, 0.25) is 6.17 Å². The Morgan fingerprint density at radius 2 is 1.49 bits per heavy atom. The van der Waals surface area contributed by atoms with Gasteiger partial charge in [0.15, 0.2) is 5.82 Å². The summed E-state index contributed by atoms with van der Waals surface area (Å²) < 4.78 is 20.6. The second kappa shape index (κ2) is 27.4. The van der Waals surface area contributed by atoms with Crippen molar-refractivity contribution in [2.24, 2.45) is 5.92 Å². The fraction of sp³-hybridized carbons (Fsp3) is 0.667. The number of likely N-dealkylation sites (tertiary alicyclic amines) is 1. The van der Waals surface area contributed by atoms with Crippen molar-refractivity contribution in [2.75, 3.05) is 25.5 Å². The molecule has 1 atom stereocenters. The normalized spacial score (nSPS) is 12.7. The molecular weight excluding hydrogens is 485 g/mol. The van der Waals surface area contributed by atoms with E-state index in [1.54, 1.807) is 6.20 Å². The van der Waals surface area contributed by atoms with Crippen LogP contribution in [0.4, 0.5) is 14.6 Å². The van der Waals surface area contributed by atoms with E-state index in [1.165, 1.54) is 60.9 Å². The molecule has 1 saturated heterocycles. The van der Waals surface area contributed by atoms with Crippen LogP contribution in [0.25, 0.3) is 5.57 Å². The number of allylic oxidation sites excluding steroid dienone is 3. The van der Waals surface area contributed by atoms with E-state index in [2.05, 4.69) is 88.0 Å². The zero-order valence-corrected chi connectivity index (χ0v) is 26.5. The third-order valence-corrected chi connectivity index (χ3v) is 5.10. The predicted molar refractivity (Wildman–Crippen MR) is 167 cm³/mol. The van der Waals surface area contributed by atoms with E-state index in [0.717, 1.165) is 40.8 Å². The first kappa shape index (κ1) is 39.9. The zero-order chi connectivity index (χ0) is 29.2. The first-order valence-corrected chi connectivity index (χ1v) is 14.4. The van der Waals surface area contributed by atoms with Gasteiger partial charge in [0.05, 0.1) is 17.1 Å². The number of nitrogens with one attached hydrogen (secondary N) is 1. The minimum Gasteiger partial charge on any atom is -0.346 e. The molecule has 37 heavy (non-hydrogen) atoms. The van der Waals surface area contributed by atoms with E-state index in [4.69, 9.17) is 0 Å². The van der Waals surface area contributed by atoms with Crippen molar-refractivity contribution in [3.63, 3.8) is 0 Å². The Hall–Kier alpha value is -1.65. The number of rotatable bonds is 9. The molecule has 1 aliphatic heterocycles. The van der Waals surface area contributed by atoms with E-state index < -0.39 is 6.17 Å². The van der Waals surface area contributed by atoms with Crippen molar-refractivity contribution in [3.05, 3.63) is 48.6 Å². The van der Waals surface area contributed by atoms with Crippen molar-refractivity contribution in [3.8, 4) is 0 Å². The maximum absolute atomic E-state index is 10.3. The van der Waals surface area contributed by atoms with Crippen LogP contribution >= 0.6 is 9.24 Å². The summed E-state index contributed by atoms with van der Waals surface area (Å²) in [6.07, 6.45) is 12.4. The second-order valence-electron chi connectivity index (χ2n) is 9.08. The monoisotopic (exact) mass is 542 g/mol. The first-order valence-electron chi connectivity index (χ1n) is 13.8. The largest absolute Gasteiger partial charge is 0.346 e. The molecule has 0 saturated carbocycles. The molecule has 0 amide bonds. The van der Waals surface area contributed by atoms with E-state index in [0.29, 0.717) is 0 Å². The molecule has 1 aromatic heterocycles. The van der Waals surface area contributed by atoms with Crippen molar-refractivity contribution in [1.29, 1.82) is 0 Å². The number of nitrogens with zero attached hydrogens (tertiary/aromatic N) is 3. The summed E-state index contributed by atoms with van der Waals surface area (Å²) in [5.74, 6) is 1.72. The third-order valence-electron chi connectivity index (χ3n) is 5.10. The Bertz CT molecular complexity index is 703. The number of hydrogen-bond acceptors (Lipinski definition) is 4. The van der Waals surface area contributed by atoms with E-state index in [-0.39, 0.29) is 0 Å². The highest BCUT2D eigenvalue weighted by atomic mass is 31.0. The average molecular weight is 543 g/mol. The molecule has 0 bridgehead atoms. The number of alkyl halides is 2. The molecule has 2 heterocycles. The molecule has 0 aliphatic carbocycles. The Kier molecular flexibility index (Phi) is 29.5. The topological polar surface area (TPSA) is 41.1 Å². The number of aryl methyl sites for hydroxylation is 2. The highest BCUT2D eigenvalue weighted by Gasteiger charge is 2.16. The van der Waals surface area contributed by atoms with Crippen LogP contribution in [0.3, 0.4) is 0 Å². The highest BCUT2D eigenvalue weighted by molar-refractivity contribution is 7.16. The lowest BCUT2D eigenvalue weighted by Gasteiger charge is -2.33. The van der Waals surface area contributed by atoms with Crippen molar-refractivity contribution in [1.82, 2.24) is 14.9 Å². The van der Waals surface area contributed by atoms with Crippen LogP contribution in [-0.4, -0.2) is 41.2 Å². The van der Waals surface area contributed by atoms with Crippen LogP contribution < -0.4 is 5.32 Å². The molecular formula is C30H57F2N4P. The lowest BCUT2D eigenvalue weighted by Crippen LogP contribution is -2.41. The van der Waals surface area contributed by atoms with Crippen LogP contribution in [0.15, 0.2) is 31.5 Å². The molecule has 2 rings (SSSR count). The molecule has 1 aliphatic rings. The summed E-state index contributed by atoms with van der Waals surface area (Å²) in [5, 5.41) is 2.98. The minimum absolute atomic E-state index is 0.751. The van der Waals surface area contributed by atoms with Gasteiger partial charge in [-0.2, -0.15) is 0 Å². The van der Waals surface area contributed by atoms with Gasteiger partial charge in [-0.1, -0.05) is 115 Å². The number of aromatic nitrogens is 2. The van der Waals surface area contributed by atoms with E-state index in [9.17, 15) is 8.78 Å². The van der Waals surface area contributed by atoms with Gasteiger partial charge in [-0.3, -0.25) is 0 Å². The lowest BCUT2D eigenvalue weighted by atomic mass is 10.1. The van der Waals surface area contributed by atoms with Gasteiger partial charge in [-0.15, -0.1) is 0 Å². The first-order chi connectivity index (χ1) is 17.5. The number of anilines is 1. The van der Waals surface area contributed by atoms with Crippen molar-refractivity contribution < 1.29 is 8.78 Å². The number of halogens is 2. The van der Waals surface area contributed by atoms with Crippen LogP contribution in [0.5, 0.6) is 0 Å². The maximum atomic E-state index is 10.3. The Morgan fingerprint density at radius 3 is 1.76 bits per heavy atom. The fourth-order valence-corrected chi connectivity index (χ4v) is 3.12. The summed E-state index contributed by atoms with van der Waals surface area (Å²) in [7, 11) is 3.48. The van der Waals surface area contributed by atoms with Crippen LogP contribution in [0.2, 0.25) is 0 Å². The molecule has 1 unspecified atom stereocenters. The third kappa shape index (κ3) is 24.4. The van der Waals surface area contributed by atoms with Gasteiger partial charge < -0.3 is 10.2 Å². The molecule has 0 radical (unpaired) electrons. The van der Waals surface area contributed by atoms with Gasteiger partial charge in [0.1, 0.15) is 0 Å². The number of hydrogen-bond donors (Lipinski definition) is 1. The average Bonchev–Trinajstić information content (AvgIpc) is 2.83. The highest BCUT2D eigenvalue weighted by Crippen LogP contribution is 2.20. The molecule has 1 aromatic rings. The maximum Gasteiger partial charge on any atom is 0.249 e. The summed E-state index contributed by atoms with van der Waals surface area (Å²) in [5.41, 5.74) is 3.67. The molecule has 4 nitrogen and oxygen atoms in total. The number of unbranched alkanes of at least 4 members (excludes halogenated alkanes) is 4. The van der Waals surface area contributed by atoms with E-state index >= 15 is 0 Å². The fourth-order valence-electron chi connectivity index (χ4n) is 3.12. The SMILES string of the molecule is C=CNc1nc(C)c(/C(C=C)=C/CC)nc1C.CC1CN(C)C1.CCCC.CCCCCC.FC(F)P. The Labute approximate surface area is 230 Å². The summed E-state index contributed by atoms with van der Waals surface area (Å²) in [6.45, 7) is 27.1. The molecule has 1 N–H and O–H groups in total. The lowest BCUT2D eigenvalue weighted by molar-refractivity contribution is 0.149. The quantitative estimate of drug-likeness (QED) is 0.192. The Morgan fingerprint density at radius 1 is 1.00 bits per heavy atom. The van der Waals surface area contributed by atoms with Gasteiger partial charge in [0, 0.05) is 13.1 Å². The minimum atomic E-state index is -2.25. The van der Waals surface area contributed by atoms with Crippen molar-refractivity contribution in [2.45, 2.75) is 107 Å². The summed E-state index contributed by atoms with van der Waals surface area (Å²) in [6, 6.07) is 0. The zero-order valence-electron chi connectivity index (χ0n) is 25.3. The molecule has 1 fully saturated rings. The van der Waals surface area contributed by atoms with Crippen LogP contribution in [0, 0.1) is 19.8 Å². The molecule has 216 valence electrons. The van der Waals surface area contributed by atoms with Gasteiger partial charge in [0.25, 0.3) is 0 Å². The van der Waals surface area contributed by atoms with Crippen molar-refractivity contribution >= 4 is 20.6 Å². The molecule has 0 spiro atoms. The van der Waals surface area contributed by atoms with Crippen LogP contribution in [-0.2, 0) is 0 Å². The summed E-state index contributed by atoms with van der Waals surface area (Å²) >= 11 is 0. The molecule has 7 heteroatoms. The van der Waals surface area contributed by atoms with Gasteiger partial charge in [-0.05, 0) is 45.0 Å². The predicted octanol–water partition coefficient (Wildman–Crippen LogP) is 9.67. The smallest absolute Gasteiger partial charge is 0.249 e. The molecule has 0 aromatic carbocycles.